The maximum Gasteiger partial charge on any atom is 0.337 e. The number of hydrogen-bond donors (Lipinski definition) is 2. The molecule has 0 aliphatic carbocycles. The Morgan fingerprint density at radius 3 is 2.71 bits per heavy atom. The molecule has 0 radical (unpaired) electrons. The van der Waals surface area contributed by atoms with Crippen LogP contribution in [-0.4, -0.2) is 21.0 Å². The summed E-state index contributed by atoms with van der Waals surface area (Å²) in [5.41, 5.74) is 1.48. The molecule has 1 aromatic carbocycles. The number of carbonyl (C=O) groups is 1. The van der Waals surface area contributed by atoms with Gasteiger partial charge in [-0.3, -0.25) is 0 Å². The fourth-order valence-electron chi connectivity index (χ4n) is 1.14. The van der Waals surface area contributed by atoms with Crippen LogP contribution in [0.3, 0.4) is 0 Å². The van der Waals surface area contributed by atoms with Gasteiger partial charge in [0.05, 0.1) is 17.4 Å². The predicted molar refractivity (Wildman–Crippen MR) is 57.5 cm³/mol. The second-order valence-corrected chi connectivity index (χ2v) is 2.41. The van der Waals surface area contributed by atoms with Gasteiger partial charge in [0.1, 0.15) is 5.52 Å². The van der Waals surface area contributed by atoms with E-state index < -0.39 is 5.97 Å². The van der Waals surface area contributed by atoms with Crippen molar-refractivity contribution in [2.24, 2.45) is 0 Å². The summed E-state index contributed by atoms with van der Waals surface area (Å²) in [6.45, 7) is 0. The first-order valence-corrected chi connectivity index (χ1v) is 3.44. The number of benzene rings is 1. The minimum absolute atomic E-state index is 0. The topological polar surface area (TPSA) is 66.0 Å². The van der Waals surface area contributed by atoms with Crippen LogP contribution in [0.4, 0.5) is 0 Å². The molecule has 0 unspecified atom stereocenters. The first kappa shape index (κ1) is 12.7. The van der Waals surface area contributed by atoms with Crippen LogP contribution in [-0.2, 0) is 0 Å². The quantitative estimate of drug-likeness (QED) is 0.795. The average Bonchev–Trinajstić information content (AvgIpc) is 2.49. The molecule has 2 N–H and O–H groups in total. The van der Waals surface area contributed by atoms with E-state index in [1.165, 1.54) is 12.4 Å². The summed E-state index contributed by atoms with van der Waals surface area (Å²) in [7, 11) is 0. The van der Waals surface area contributed by atoms with Crippen molar-refractivity contribution in [2.45, 2.75) is 0 Å². The molecule has 2 rings (SSSR count). The lowest BCUT2D eigenvalue weighted by atomic mass is 10.2. The van der Waals surface area contributed by atoms with Gasteiger partial charge >= 0.3 is 5.97 Å². The number of aromatic carboxylic acids is 1. The summed E-state index contributed by atoms with van der Waals surface area (Å²) in [5.74, 6) is -0.951. The van der Waals surface area contributed by atoms with Gasteiger partial charge in [0, 0.05) is 0 Å². The number of aromatic amines is 1. The Balaban J connectivity index is 0.000000845. The fourth-order valence-corrected chi connectivity index (χ4v) is 1.14. The third kappa shape index (κ3) is 1.97. The molecule has 0 saturated heterocycles. The van der Waals surface area contributed by atoms with Gasteiger partial charge in [-0.2, -0.15) is 0 Å². The Hall–Kier alpha value is -1.26. The molecule has 0 aliphatic rings. The number of halogens is 2. The van der Waals surface area contributed by atoms with Crippen LogP contribution in [0.15, 0.2) is 24.5 Å². The van der Waals surface area contributed by atoms with Crippen molar-refractivity contribution in [1.29, 1.82) is 0 Å². The van der Waals surface area contributed by atoms with Crippen LogP contribution >= 0.6 is 24.8 Å². The van der Waals surface area contributed by atoms with E-state index in [1.807, 2.05) is 0 Å². The van der Waals surface area contributed by atoms with Crippen molar-refractivity contribution in [1.82, 2.24) is 9.97 Å². The Morgan fingerprint density at radius 1 is 1.36 bits per heavy atom. The van der Waals surface area contributed by atoms with E-state index in [1.54, 1.807) is 12.1 Å². The normalized spacial score (nSPS) is 8.86. The Kier molecular flexibility index (Phi) is 4.40. The second kappa shape index (κ2) is 4.83. The second-order valence-electron chi connectivity index (χ2n) is 2.41. The number of nitrogens with one attached hydrogen (secondary N) is 1. The molecule has 0 amide bonds. The summed E-state index contributed by atoms with van der Waals surface area (Å²) in [6.07, 6.45) is 1.48. The number of hydrogen-bond acceptors (Lipinski definition) is 2. The molecule has 0 saturated carbocycles. The van der Waals surface area contributed by atoms with E-state index in [0.717, 1.165) is 5.52 Å². The summed E-state index contributed by atoms with van der Waals surface area (Å²) in [5, 5.41) is 8.75. The lowest BCUT2D eigenvalue weighted by Gasteiger charge is -1.93. The van der Waals surface area contributed by atoms with E-state index >= 15 is 0 Å². The first-order chi connectivity index (χ1) is 5.79. The van der Waals surface area contributed by atoms with Crippen LogP contribution in [0.2, 0.25) is 0 Å². The zero-order valence-corrected chi connectivity index (χ0v) is 8.56. The van der Waals surface area contributed by atoms with Crippen LogP contribution in [0, 0.1) is 0 Å². The highest BCUT2D eigenvalue weighted by Gasteiger charge is 2.08. The smallest absolute Gasteiger partial charge is 0.337 e. The van der Waals surface area contributed by atoms with Crippen LogP contribution in [0.1, 0.15) is 10.4 Å². The van der Waals surface area contributed by atoms with Gasteiger partial charge in [-0.05, 0) is 12.1 Å². The molecule has 6 heteroatoms. The van der Waals surface area contributed by atoms with Gasteiger partial charge in [-0.15, -0.1) is 24.8 Å². The molecule has 0 atom stereocenters. The molecule has 0 aliphatic heterocycles. The molecule has 1 heterocycles. The molecule has 0 fully saturated rings. The number of H-pyrrole nitrogens is 1. The number of carboxylic acid groups (broad SMARTS) is 1. The maximum absolute atomic E-state index is 10.7. The number of rotatable bonds is 1. The van der Waals surface area contributed by atoms with Crippen LogP contribution in [0.25, 0.3) is 11.0 Å². The standard InChI is InChI=1S/C8H6N2O2.2ClH/c11-8(12)5-2-1-3-6-7(5)10-4-9-6;;/h1-4H,(H,9,10)(H,11,12);2*1H. The summed E-state index contributed by atoms with van der Waals surface area (Å²) >= 11 is 0. The third-order valence-corrected chi connectivity index (χ3v) is 1.68. The number of para-hydroxylation sites is 1. The maximum atomic E-state index is 10.7. The lowest BCUT2D eigenvalue weighted by Crippen LogP contribution is -1.96. The minimum Gasteiger partial charge on any atom is -0.478 e. The van der Waals surface area contributed by atoms with Crippen molar-refractivity contribution in [3.63, 3.8) is 0 Å². The van der Waals surface area contributed by atoms with Gasteiger partial charge < -0.3 is 10.1 Å². The molecule has 0 bridgehead atoms. The third-order valence-electron chi connectivity index (χ3n) is 1.68. The van der Waals surface area contributed by atoms with Crippen molar-refractivity contribution in [2.75, 3.05) is 0 Å². The zero-order chi connectivity index (χ0) is 8.55. The van der Waals surface area contributed by atoms with E-state index in [9.17, 15) is 4.79 Å². The van der Waals surface area contributed by atoms with Crippen molar-refractivity contribution >= 4 is 41.8 Å². The predicted octanol–water partition coefficient (Wildman–Crippen LogP) is 2.10. The van der Waals surface area contributed by atoms with E-state index in [2.05, 4.69) is 9.97 Å². The molecule has 4 nitrogen and oxygen atoms in total. The number of fused-ring (bicyclic) bond motifs is 1. The van der Waals surface area contributed by atoms with Gasteiger partial charge in [0.2, 0.25) is 0 Å². The summed E-state index contributed by atoms with van der Waals surface area (Å²) in [4.78, 5) is 17.4. The highest BCUT2D eigenvalue weighted by Crippen LogP contribution is 2.13. The first-order valence-electron chi connectivity index (χ1n) is 3.44. The summed E-state index contributed by atoms with van der Waals surface area (Å²) in [6, 6.07) is 5.00. The van der Waals surface area contributed by atoms with E-state index in [0.29, 0.717) is 5.52 Å². The Labute approximate surface area is 92.2 Å². The van der Waals surface area contributed by atoms with Crippen molar-refractivity contribution in [3.05, 3.63) is 30.1 Å². The van der Waals surface area contributed by atoms with Crippen molar-refractivity contribution in [3.8, 4) is 0 Å². The Morgan fingerprint density at radius 2 is 2.07 bits per heavy atom. The number of carboxylic acids is 1. The van der Waals surface area contributed by atoms with Crippen molar-refractivity contribution < 1.29 is 9.90 Å². The monoisotopic (exact) mass is 234 g/mol. The zero-order valence-electron chi connectivity index (χ0n) is 6.93. The van der Waals surface area contributed by atoms with Crippen LogP contribution in [0.5, 0.6) is 0 Å². The molecule has 2 aromatic rings. The van der Waals surface area contributed by atoms with Gasteiger partial charge in [0.15, 0.2) is 0 Å². The average molecular weight is 235 g/mol. The van der Waals surface area contributed by atoms with Crippen LogP contribution < -0.4 is 0 Å². The number of nitrogens with zero attached hydrogens (tertiary/aromatic N) is 1. The molecule has 76 valence electrons. The highest BCUT2D eigenvalue weighted by atomic mass is 35.5. The van der Waals surface area contributed by atoms with E-state index in [4.69, 9.17) is 5.11 Å². The molecular formula is C8H8Cl2N2O2. The highest BCUT2D eigenvalue weighted by molar-refractivity contribution is 6.00. The summed E-state index contributed by atoms with van der Waals surface area (Å²) < 4.78 is 0. The van der Waals surface area contributed by atoms with Gasteiger partial charge in [-0.25, -0.2) is 9.78 Å². The molecule has 1 aromatic heterocycles. The molecule has 0 spiro atoms. The largest absolute Gasteiger partial charge is 0.478 e. The lowest BCUT2D eigenvalue weighted by molar-refractivity contribution is 0.0699. The van der Waals surface area contributed by atoms with E-state index in [-0.39, 0.29) is 30.4 Å². The molecular weight excluding hydrogens is 227 g/mol. The van der Waals surface area contributed by atoms with Gasteiger partial charge in [0.25, 0.3) is 0 Å². The fraction of sp³-hybridized carbons (Fsp3) is 0. The minimum atomic E-state index is -0.951. The molecule has 14 heavy (non-hydrogen) atoms. The SMILES string of the molecule is Cl.Cl.O=C(O)c1cccc2[nH]cnc12. The van der Waals surface area contributed by atoms with Gasteiger partial charge in [-0.1, -0.05) is 6.07 Å². The number of aromatic nitrogens is 2. The Bertz CT molecular complexity index is 442. The number of imidazole rings is 1.